The van der Waals surface area contributed by atoms with Crippen LogP contribution in [-0.2, 0) is 23.9 Å². The van der Waals surface area contributed by atoms with Crippen LogP contribution in [-0.4, -0.2) is 58.2 Å². The minimum absolute atomic E-state index is 0.161. The van der Waals surface area contributed by atoms with E-state index in [2.05, 4.69) is 22.1 Å². The van der Waals surface area contributed by atoms with Gasteiger partial charge in [-0.05, 0) is 25.0 Å². The first-order chi connectivity index (χ1) is 12.8. The van der Waals surface area contributed by atoms with Crippen molar-refractivity contribution >= 4 is 5.91 Å². The van der Waals surface area contributed by atoms with Crippen molar-refractivity contribution in [3.8, 4) is 0 Å². The van der Waals surface area contributed by atoms with Gasteiger partial charge in [0.1, 0.15) is 6.54 Å². The summed E-state index contributed by atoms with van der Waals surface area (Å²) >= 11 is 0. The van der Waals surface area contributed by atoms with Gasteiger partial charge in [0, 0.05) is 38.4 Å². The molecule has 1 aromatic carbocycles. The maximum absolute atomic E-state index is 12.7. The lowest BCUT2D eigenvalue weighted by atomic mass is 10.1. The van der Waals surface area contributed by atoms with Crippen molar-refractivity contribution in [1.29, 1.82) is 0 Å². The maximum atomic E-state index is 12.7. The van der Waals surface area contributed by atoms with Gasteiger partial charge in [-0.25, -0.2) is 0 Å². The molecule has 2 aromatic rings. The quantitative estimate of drug-likeness (QED) is 0.801. The normalized spacial score (nSPS) is 15.9. The number of alkyl halides is 3. The molecule has 27 heavy (non-hydrogen) atoms. The molecule has 0 unspecified atom stereocenters. The molecule has 1 aliphatic rings. The maximum Gasteiger partial charge on any atom is 0.435 e. The van der Waals surface area contributed by atoms with E-state index in [4.69, 9.17) is 0 Å². The molecule has 3 rings (SSSR count). The summed E-state index contributed by atoms with van der Waals surface area (Å²) in [5.74, 6) is -0.197. The number of carbonyl (C=O) groups is 1. The largest absolute Gasteiger partial charge is 0.435 e. The van der Waals surface area contributed by atoms with Crippen molar-refractivity contribution in [2.45, 2.75) is 26.1 Å². The van der Waals surface area contributed by atoms with Crippen LogP contribution in [0.2, 0.25) is 0 Å². The Bertz CT molecular complexity index is 765. The molecule has 1 fully saturated rings. The van der Waals surface area contributed by atoms with Crippen LogP contribution >= 0.6 is 0 Å². The molecular weight excluding hydrogens is 357 g/mol. The Morgan fingerprint density at radius 3 is 2.37 bits per heavy atom. The Morgan fingerprint density at radius 2 is 1.78 bits per heavy atom. The molecule has 1 aliphatic heterocycles. The van der Waals surface area contributed by atoms with E-state index in [0.29, 0.717) is 18.8 Å². The fourth-order valence-electron chi connectivity index (χ4n) is 3.19. The number of rotatable bonds is 5. The third-order valence-electron chi connectivity index (χ3n) is 4.84. The average Bonchev–Trinajstić information content (AvgIpc) is 3.02. The van der Waals surface area contributed by atoms with Crippen molar-refractivity contribution in [2.75, 3.05) is 32.7 Å². The topological polar surface area (TPSA) is 41.4 Å². The van der Waals surface area contributed by atoms with Crippen LogP contribution in [0.5, 0.6) is 0 Å². The van der Waals surface area contributed by atoms with Gasteiger partial charge in [-0.3, -0.25) is 14.4 Å². The lowest BCUT2D eigenvalue weighted by Gasteiger charge is -2.34. The van der Waals surface area contributed by atoms with Gasteiger partial charge in [0.25, 0.3) is 0 Å². The van der Waals surface area contributed by atoms with E-state index in [1.165, 1.54) is 12.5 Å². The molecule has 8 heteroatoms. The zero-order valence-corrected chi connectivity index (χ0v) is 15.2. The van der Waals surface area contributed by atoms with Gasteiger partial charge in [-0.2, -0.15) is 18.3 Å². The molecule has 0 atom stereocenters. The predicted octanol–water partition coefficient (Wildman–Crippen LogP) is 2.60. The summed E-state index contributed by atoms with van der Waals surface area (Å²) < 4.78 is 39.3. The van der Waals surface area contributed by atoms with Crippen LogP contribution < -0.4 is 0 Å². The van der Waals surface area contributed by atoms with Gasteiger partial charge >= 0.3 is 6.18 Å². The van der Waals surface area contributed by atoms with Gasteiger partial charge in [-0.15, -0.1) is 0 Å². The molecule has 1 saturated heterocycles. The average molecular weight is 380 g/mol. The molecule has 5 nitrogen and oxygen atoms in total. The standard InChI is InChI=1S/C19H23F3N4O/c1-15-13-17(19(20,21)22)23-26(15)14-18(27)25-11-9-24(10-12-25)8-7-16-5-3-2-4-6-16/h2-6,13H,7-12,14H2,1H3. The third kappa shape index (κ3) is 5.09. The zero-order valence-electron chi connectivity index (χ0n) is 15.2. The van der Waals surface area contributed by atoms with E-state index in [-0.39, 0.29) is 12.5 Å². The summed E-state index contributed by atoms with van der Waals surface area (Å²) in [4.78, 5) is 16.4. The van der Waals surface area contributed by atoms with E-state index < -0.39 is 11.9 Å². The van der Waals surface area contributed by atoms with Crippen LogP contribution in [0.1, 0.15) is 17.0 Å². The lowest BCUT2D eigenvalue weighted by molar-refractivity contribution is -0.142. The highest BCUT2D eigenvalue weighted by atomic mass is 19.4. The summed E-state index contributed by atoms with van der Waals surface area (Å²) in [5, 5.41) is 3.53. The van der Waals surface area contributed by atoms with Gasteiger partial charge < -0.3 is 4.90 Å². The van der Waals surface area contributed by atoms with Crippen molar-refractivity contribution in [2.24, 2.45) is 0 Å². The van der Waals surface area contributed by atoms with Crippen LogP contribution in [0, 0.1) is 6.92 Å². The third-order valence-corrected chi connectivity index (χ3v) is 4.84. The van der Waals surface area contributed by atoms with Gasteiger partial charge in [0.15, 0.2) is 5.69 Å². The fourth-order valence-corrected chi connectivity index (χ4v) is 3.19. The number of carbonyl (C=O) groups excluding carboxylic acids is 1. The summed E-state index contributed by atoms with van der Waals surface area (Å²) in [5.41, 5.74) is 0.654. The second-order valence-electron chi connectivity index (χ2n) is 6.78. The highest BCUT2D eigenvalue weighted by molar-refractivity contribution is 5.76. The molecule has 1 amide bonds. The number of amides is 1. The fraction of sp³-hybridized carbons (Fsp3) is 0.474. The summed E-state index contributed by atoms with van der Waals surface area (Å²) in [6, 6.07) is 11.2. The van der Waals surface area contributed by atoms with Crippen molar-refractivity contribution in [1.82, 2.24) is 19.6 Å². The first-order valence-corrected chi connectivity index (χ1v) is 8.98. The zero-order chi connectivity index (χ0) is 19.4. The molecule has 146 valence electrons. The Kier molecular flexibility index (Phi) is 5.84. The molecule has 0 saturated carbocycles. The molecule has 0 spiro atoms. The first kappa shape index (κ1) is 19.4. The highest BCUT2D eigenvalue weighted by Gasteiger charge is 2.34. The molecule has 0 N–H and O–H groups in total. The van der Waals surface area contributed by atoms with E-state index in [0.717, 1.165) is 36.8 Å². The minimum Gasteiger partial charge on any atom is -0.339 e. The highest BCUT2D eigenvalue weighted by Crippen LogP contribution is 2.28. The van der Waals surface area contributed by atoms with E-state index in [1.807, 2.05) is 18.2 Å². The van der Waals surface area contributed by atoms with Crippen LogP contribution in [0.3, 0.4) is 0 Å². The number of piperazine rings is 1. The molecule has 1 aromatic heterocycles. The minimum atomic E-state index is -4.50. The summed E-state index contributed by atoms with van der Waals surface area (Å²) in [6.45, 7) is 5.00. The lowest BCUT2D eigenvalue weighted by Crippen LogP contribution is -2.50. The molecule has 0 radical (unpaired) electrons. The predicted molar refractivity (Wildman–Crippen MR) is 95.1 cm³/mol. The smallest absolute Gasteiger partial charge is 0.339 e. The van der Waals surface area contributed by atoms with Crippen molar-refractivity contribution in [3.05, 3.63) is 53.3 Å². The number of hydrogen-bond donors (Lipinski definition) is 0. The Balaban J connectivity index is 1.48. The number of benzene rings is 1. The monoisotopic (exact) mass is 380 g/mol. The van der Waals surface area contributed by atoms with Crippen molar-refractivity contribution < 1.29 is 18.0 Å². The second kappa shape index (κ2) is 8.12. The summed E-state index contributed by atoms with van der Waals surface area (Å²) in [6.07, 6.45) is -3.54. The molecular formula is C19H23F3N4O. The first-order valence-electron chi connectivity index (χ1n) is 8.98. The van der Waals surface area contributed by atoms with E-state index >= 15 is 0 Å². The number of halogens is 3. The molecule has 0 bridgehead atoms. The number of aromatic nitrogens is 2. The SMILES string of the molecule is Cc1cc(C(F)(F)F)nn1CC(=O)N1CCN(CCc2ccccc2)CC1. The molecule has 2 heterocycles. The van der Waals surface area contributed by atoms with Gasteiger partial charge in [0.05, 0.1) is 0 Å². The molecule has 0 aliphatic carbocycles. The van der Waals surface area contributed by atoms with Crippen LogP contribution in [0.4, 0.5) is 13.2 Å². The summed E-state index contributed by atoms with van der Waals surface area (Å²) in [7, 11) is 0. The van der Waals surface area contributed by atoms with E-state index in [1.54, 1.807) is 4.90 Å². The van der Waals surface area contributed by atoms with Crippen LogP contribution in [0.15, 0.2) is 36.4 Å². The number of aryl methyl sites for hydroxylation is 1. The Hall–Kier alpha value is -2.35. The van der Waals surface area contributed by atoms with Gasteiger partial charge in [0.2, 0.25) is 5.91 Å². The van der Waals surface area contributed by atoms with Crippen molar-refractivity contribution in [3.63, 3.8) is 0 Å². The number of nitrogens with zero attached hydrogens (tertiary/aromatic N) is 4. The van der Waals surface area contributed by atoms with E-state index in [9.17, 15) is 18.0 Å². The Morgan fingerprint density at radius 1 is 1.11 bits per heavy atom. The number of hydrogen-bond acceptors (Lipinski definition) is 3. The second-order valence-corrected chi connectivity index (χ2v) is 6.78. The Labute approximate surface area is 156 Å². The van der Waals surface area contributed by atoms with Gasteiger partial charge in [-0.1, -0.05) is 30.3 Å². The van der Waals surface area contributed by atoms with Crippen LogP contribution in [0.25, 0.3) is 0 Å².